The van der Waals surface area contributed by atoms with E-state index in [-0.39, 0.29) is 6.04 Å². The summed E-state index contributed by atoms with van der Waals surface area (Å²) in [6.07, 6.45) is 3.49. The van der Waals surface area contributed by atoms with E-state index in [0.717, 1.165) is 24.5 Å². The van der Waals surface area contributed by atoms with Gasteiger partial charge in [-0.25, -0.2) is 0 Å². The normalized spacial score (nSPS) is 23.8. The van der Waals surface area contributed by atoms with Crippen LogP contribution in [0.3, 0.4) is 0 Å². The highest BCUT2D eigenvalue weighted by molar-refractivity contribution is 5.44. The van der Waals surface area contributed by atoms with E-state index < -0.39 is 0 Å². The van der Waals surface area contributed by atoms with Gasteiger partial charge in [-0.3, -0.25) is 4.90 Å². The average Bonchev–Trinajstić information content (AvgIpc) is 2.84. The van der Waals surface area contributed by atoms with Gasteiger partial charge in [-0.1, -0.05) is 6.07 Å². The van der Waals surface area contributed by atoms with Crippen LogP contribution in [-0.4, -0.2) is 43.3 Å². The Bertz CT molecular complexity index is 464. The Balaban J connectivity index is 1.59. The number of ether oxygens (including phenoxy) is 2. The molecule has 1 saturated heterocycles. The van der Waals surface area contributed by atoms with Crippen molar-refractivity contribution in [3.8, 4) is 11.5 Å². The monoisotopic (exact) mass is 276 g/mol. The topological polar surface area (TPSA) is 47.7 Å². The van der Waals surface area contributed by atoms with Crippen molar-refractivity contribution in [2.24, 2.45) is 5.73 Å². The van der Waals surface area contributed by atoms with E-state index in [0.29, 0.717) is 19.3 Å². The predicted octanol–water partition coefficient (Wildman–Crippen LogP) is 1.81. The summed E-state index contributed by atoms with van der Waals surface area (Å²) in [5.41, 5.74) is 7.54. The maximum Gasteiger partial charge on any atom is 0.161 e. The highest BCUT2D eigenvalue weighted by atomic mass is 16.6. The number of benzene rings is 1. The largest absolute Gasteiger partial charge is 0.486 e. The first-order valence-electron chi connectivity index (χ1n) is 7.60. The molecule has 2 aliphatic heterocycles. The van der Waals surface area contributed by atoms with Crippen LogP contribution >= 0.6 is 0 Å². The van der Waals surface area contributed by atoms with E-state index >= 15 is 0 Å². The lowest BCUT2D eigenvalue weighted by Gasteiger charge is -2.25. The molecule has 1 aromatic rings. The van der Waals surface area contributed by atoms with Gasteiger partial charge in [0.05, 0.1) is 0 Å². The molecular weight excluding hydrogens is 252 g/mol. The zero-order valence-electron chi connectivity index (χ0n) is 12.2. The smallest absolute Gasteiger partial charge is 0.161 e. The van der Waals surface area contributed by atoms with E-state index in [1.807, 2.05) is 6.07 Å². The molecule has 1 aromatic carbocycles. The van der Waals surface area contributed by atoms with Crippen LogP contribution in [0.5, 0.6) is 11.5 Å². The third-order valence-corrected chi connectivity index (χ3v) is 4.26. The fraction of sp³-hybridized carbons (Fsp3) is 0.625. The van der Waals surface area contributed by atoms with Crippen molar-refractivity contribution in [1.29, 1.82) is 0 Å². The maximum absolute atomic E-state index is 6.31. The van der Waals surface area contributed by atoms with Crippen LogP contribution in [0.2, 0.25) is 0 Å². The Morgan fingerprint density at radius 2 is 2.10 bits per heavy atom. The number of nitrogens with zero attached hydrogens (tertiary/aromatic N) is 1. The SMILES string of the molecule is C[C@@H]1CCCN1C[C@@H](N)Cc1ccc2c(c1)OCCO2. The van der Waals surface area contributed by atoms with Crippen molar-refractivity contribution in [3.63, 3.8) is 0 Å². The molecule has 2 aliphatic rings. The predicted molar refractivity (Wildman–Crippen MR) is 79.4 cm³/mol. The molecule has 2 atom stereocenters. The van der Waals surface area contributed by atoms with E-state index in [2.05, 4.69) is 24.0 Å². The lowest BCUT2D eigenvalue weighted by Crippen LogP contribution is -2.40. The van der Waals surface area contributed by atoms with E-state index in [1.54, 1.807) is 0 Å². The van der Waals surface area contributed by atoms with Crippen molar-refractivity contribution in [3.05, 3.63) is 23.8 Å². The molecular formula is C16H24N2O2. The highest BCUT2D eigenvalue weighted by Gasteiger charge is 2.22. The van der Waals surface area contributed by atoms with Crippen molar-refractivity contribution in [2.75, 3.05) is 26.3 Å². The minimum atomic E-state index is 0.179. The van der Waals surface area contributed by atoms with Crippen molar-refractivity contribution >= 4 is 0 Å². The molecule has 0 unspecified atom stereocenters. The number of hydrogen-bond donors (Lipinski definition) is 1. The lowest BCUT2D eigenvalue weighted by molar-refractivity contribution is 0.171. The summed E-state index contributed by atoms with van der Waals surface area (Å²) in [5, 5.41) is 0. The Kier molecular flexibility index (Phi) is 4.13. The summed E-state index contributed by atoms with van der Waals surface area (Å²) < 4.78 is 11.2. The molecule has 110 valence electrons. The number of rotatable bonds is 4. The molecule has 0 amide bonds. The van der Waals surface area contributed by atoms with Gasteiger partial charge in [-0.2, -0.15) is 0 Å². The third kappa shape index (κ3) is 3.07. The van der Waals surface area contributed by atoms with Crippen LogP contribution in [0.25, 0.3) is 0 Å². The molecule has 2 heterocycles. The first-order chi connectivity index (χ1) is 9.72. The van der Waals surface area contributed by atoms with Crippen LogP contribution in [0.15, 0.2) is 18.2 Å². The van der Waals surface area contributed by atoms with E-state index in [9.17, 15) is 0 Å². The molecule has 1 fully saturated rings. The second-order valence-electron chi connectivity index (χ2n) is 5.93. The van der Waals surface area contributed by atoms with Gasteiger partial charge >= 0.3 is 0 Å². The quantitative estimate of drug-likeness (QED) is 0.911. The van der Waals surface area contributed by atoms with Gasteiger partial charge in [-0.05, 0) is 50.4 Å². The molecule has 4 heteroatoms. The molecule has 0 aliphatic carbocycles. The maximum atomic E-state index is 6.31. The molecule has 0 aromatic heterocycles. The van der Waals surface area contributed by atoms with Crippen LogP contribution in [0.1, 0.15) is 25.3 Å². The Morgan fingerprint density at radius 1 is 1.30 bits per heavy atom. The minimum Gasteiger partial charge on any atom is -0.486 e. The van der Waals surface area contributed by atoms with Gasteiger partial charge in [0.2, 0.25) is 0 Å². The Morgan fingerprint density at radius 3 is 2.85 bits per heavy atom. The number of likely N-dealkylation sites (tertiary alicyclic amines) is 1. The fourth-order valence-electron chi connectivity index (χ4n) is 3.15. The average molecular weight is 276 g/mol. The molecule has 2 N–H and O–H groups in total. The minimum absolute atomic E-state index is 0.179. The second kappa shape index (κ2) is 6.02. The Hall–Kier alpha value is -1.26. The van der Waals surface area contributed by atoms with Gasteiger partial charge in [0.1, 0.15) is 13.2 Å². The molecule has 3 rings (SSSR count). The van der Waals surface area contributed by atoms with Crippen LogP contribution < -0.4 is 15.2 Å². The molecule has 0 saturated carbocycles. The second-order valence-corrected chi connectivity index (χ2v) is 5.93. The lowest BCUT2D eigenvalue weighted by atomic mass is 10.0. The zero-order valence-corrected chi connectivity index (χ0v) is 12.2. The van der Waals surface area contributed by atoms with Gasteiger partial charge in [0.15, 0.2) is 11.5 Å². The van der Waals surface area contributed by atoms with Crippen LogP contribution in [0.4, 0.5) is 0 Å². The van der Waals surface area contributed by atoms with Crippen molar-refractivity contribution < 1.29 is 9.47 Å². The molecule has 4 nitrogen and oxygen atoms in total. The summed E-state index contributed by atoms with van der Waals surface area (Å²) >= 11 is 0. The third-order valence-electron chi connectivity index (χ3n) is 4.26. The number of hydrogen-bond acceptors (Lipinski definition) is 4. The number of fused-ring (bicyclic) bond motifs is 1. The van der Waals surface area contributed by atoms with Gasteiger partial charge < -0.3 is 15.2 Å². The summed E-state index contributed by atoms with van der Waals surface area (Å²) in [6, 6.07) is 7.02. The summed E-state index contributed by atoms with van der Waals surface area (Å²) in [5.74, 6) is 1.71. The van der Waals surface area contributed by atoms with Gasteiger partial charge in [0.25, 0.3) is 0 Å². The van der Waals surface area contributed by atoms with Crippen LogP contribution in [0, 0.1) is 0 Å². The summed E-state index contributed by atoms with van der Waals surface area (Å²) in [4.78, 5) is 2.50. The molecule has 0 bridgehead atoms. The summed E-state index contributed by atoms with van der Waals surface area (Å²) in [6.45, 7) is 5.74. The Labute approximate surface area is 120 Å². The molecule has 0 radical (unpaired) electrons. The summed E-state index contributed by atoms with van der Waals surface area (Å²) in [7, 11) is 0. The van der Waals surface area contributed by atoms with E-state index in [4.69, 9.17) is 15.2 Å². The standard InChI is InChI=1S/C16H24N2O2/c1-12-3-2-6-18(12)11-14(17)9-13-4-5-15-16(10-13)20-8-7-19-15/h4-5,10,12,14H,2-3,6-9,11,17H2,1H3/t12-,14+/m1/s1. The molecule has 0 spiro atoms. The van der Waals surface area contributed by atoms with Gasteiger partial charge in [-0.15, -0.1) is 0 Å². The molecule has 20 heavy (non-hydrogen) atoms. The number of nitrogens with two attached hydrogens (primary N) is 1. The van der Waals surface area contributed by atoms with Crippen molar-refractivity contribution in [1.82, 2.24) is 4.90 Å². The first kappa shape index (κ1) is 13.7. The van der Waals surface area contributed by atoms with Crippen molar-refractivity contribution in [2.45, 2.75) is 38.3 Å². The van der Waals surface area contributed by atoms with Crippen LogP contribution in [-0.2, 0) is 6.42 Å². The van der Waals surface area contributed by atoms with Gasteiger partial charge in [0, 0.05) is 18.6 Å². The first-order valence-corrected chi connectivity index (χ1v) is 7.60. The fourth-order valence-corrected chi connectivity index (χ4v) is 3.15. The van der Waals surface area contributed by atoms with E-state index in [1.165, 1.54) is 24.9 Å². The highest BCUT2D eigenvalue weighted by Crippen LogP contribution is 2.31. The zero-order chi connectivity index (χ0) is 13.9.